The van der Waals surface area contributed by atoms with Gasteiger partial charge in [0.05, 0.1) is 0 Å². The summed E-state index contributed by atoms with van der Waals surface area (Å²) in [5.74, 6) is 0.757. The summed E-state index contributed by atoms with van der Waals surface area (Å²) >= 11 is 6.87. The fraction of sp³-hybridized carbons (Fsp3) is 0.0769. The van der Waals surface area contributed by atoms with E-state index in [1.54, 1.807) is 0 Å². The van der Waals surface area contributed by atoms with Crippen molar-refractivity contribution >= 4 is 37.5 Å². The van der Waals surface area contributed by atoms with Crippen LogP contribution in [0.2, 0.25) is 0 Å². The van der Waals surface area contributed by atoms with Crippen molar-refractivity contribution in [2.75, 3.05) is 5.73 Å². The van der Waals surface area contributed by atoms with E-state index in [1.807, 2.05) is 42.5 Å². The van der Waals surface area contributed by atoms with E-state index in [-0.39, 0.29) is 0 Å². The number of rotatable bonds is 3. The Kier molecular flexibility index (Phi) is 4.07. The van der Waals surface area contributed by atoms with Crippen molar-refractivity contribution in [2.24, 2.45) is 0 Å². The van der Waals surface area contributed by atoms with Crippen molar-refractivity contribution in [3.63, 3.8) is 0 Å². The number of ether oxygens (including phenoxy) is 1. The van der Waals surface area contributed by atoms with E-state index >= 15 is 0 Å². The molecule has 0 atom stereocenters. The Morgan fingerprint density at radius 1 is 1.06 bits per heavy atom. The molecular formula is C13H11Br2NO. The van der Waals surface area contributed by atoms with Gasteiger partial charge in [-0.25, -0.2) is 0 Å². The Bertz CT molecular complexity index is 508. The SMILES string of the molecule is Nc1cc(Br)cc(OCc2ccccc2Br)c1. The van der Waals surface area contributed by atoms with Crippen LogP contribution in [0.15, 0.2) is 51.4 Å². The zero-order valence-corrected chi connectivity index (χ0v) is 12.2. The fourth-order valence-electron chi connectivity index (χ4n) is 1.44. The number of hydrogen-bond donors (Lipinski definition) is 1. The quantitative estimate of drug-likeness (QED) is 0.828. The number of nitrogens with two attached hydrogens (primary N) is 1. The van der Waals surface area contributed by atoms with Gasteiger partial charge in [-0.2, -0.15) is 0 Å². The van der Waals surface area contributed by atoms with Crippen LogP contribution in [-0.2, 0) is 6.61 Å². The topological polar surface area (TPSA) is 35.2 Å². The van der Waals surface area contributed by atoms with Crippen LogP contribution in [0.5, 0.6) is 5.75 Å². The highest BCUT2D eigenvalue weighted by Crippen LogP contribution is 2.24. The average Bonchev–Trinajstić information content (AvgIpc) is 2.27. The lowest BCUT2D eigenvalue weighted by molar-refractivity contribution is 0.305. The Hall–Kier alpha value is -1.00. The number of anilines is 1. The van der Waals surface area contributed by atoms with Gasteiger partial charge >= 0.3 is 0 Å². The molecular weight excluding hydrogens is 346 g/mol. The van der Waals surface area contributed by atoms with Crippen LogP contribution in [0.3, 0.4) is 0 Å². The first-order chi connectivity index (χ1) is 8.15. The van der Waals surface area contributed by atoms with Crippen molar-refractivity contribution in [1.82, 2.24) is 0 Å². The maximum Gasteiger partial charge on any atom is 0.122 e. The molecule has 0 heterocycles. The number of hydrogen-bond acceptors (Lipinski definition) is 2. The predicted octanol–water partition coefficient (Wildman–Crippen LogP) is 4.37. The molecule has 0 fully saturated rings. The van der Waals surface area contributed by atoms with Crippen LogP contribution in [0.1, 0.15) is 5.56 Å². The van der Waals surface area contributed by atoms with Crippen LogP contribution >= 0.6 is 31.9 Å². The molecule has 0 aliphatic heterocycles. The minimum absolute atomic E-state index is 0.511. The van der Waals surface area contributed by atoms with Crippen LogP contribution in [0, 0.1) is 0 Å². The van der Waals surface area contributed by atoms with E-state index in [1.165, 1.54) is 0 Å². The van der Waals surface area contributed by atoms with Crippen LogP contribution < -0.4 is 10.5 Å². The maximum atomic E-state index is 5.74. The van der Waals surface area contributed by atoms with E-state index in [9.17, 15) is 0 Å². The minimum atomic E-state index is 0.511. The molecule has 0 aromatic heterocycles. The normalized spacial score (nSPS) is 10.2. The summed E-state index contributed by atoms with van der Waals surface area (Å²) in [5.41, 5.74) is 7.52. The van der Waals surface area contributed by atoms with E-state index < -0.39 is 0 Å². The van der Waals surface area contributed by atoms with Crippen molar-refractivity contribution in [3.8, 4) is 5.75 Å². The van der Waals surface area contributed by atoms with Crippen molar-refractivity contribution in [1.29, 1.82) is 0 Å². The molecule has 0 radical (unpaired) electrons. The van der Waals surface area contributed by atoms with Crippen LogP contribution in [0.25, 0.3) is 0 Å². The van der Waals surface area contributed by atoms with E-state index in [2.05, 4.69) is 31.9 Å². The molecule has 17 heavy (non-hydrogen) atoms. The van der Waals surface area contributed by atoms with Gasteiger partial charge in [0.1, 0.15) is 12.4 Å². The Balaban J connectivity index is 2.10. The van der Waals surface area contributed by atoms with Crippen molar-refractivity contribution in [3.05, 3.63) is 57.0 Å². The molecule has 0 aliphatic carbocycles. The lowest BCUT2D eigenvalue weighted by Crippen LogP contribution is -1.97. The van der Waals surface area contributed by atoms with Gasteiger partial charge in [-0.3, -0.25) is 0 Å². The van der Waals surface area contributed by atoms with Crippen molar-refractivity contribution in [2.45, 2.75) is 6.61 Å². The Labute approximate surface area is 117 Å². The molecule has 2 rings (SSSR count). The monoisotopic (exact) mass is 355 g/mol. The predicted molar refractivity (Wildman–Crippen MR) is 77.0 cm³/mol. The van der Waals surface area contributed by atoms with Gasteiger partial charge < -0.3 is 10.5 Å². The number of benzene rings is 2. The fourth-order valence-corrected chi connectivity index (χ4v) is 2.33. The standard InChI is InChI=1S/C13H11Br2NO/c14-10-5-11(16)7-12(6-10)17-8-9-3-1-2-4-13(9)15/h1-7H,8,16H2. The third-order valence-electron chi connectivity index (χ3n) is 2.25. The first-order valence-electron chi connectivity index (χ1n) is 5.07. The molecule has 0 bridgehead atoms. The van der Waals surface area contributed by atoms with Crippen LogP contribution in [0.4, 0.5) is 5.69 Å². The van der Waals surface area contributed by atoms with Gasteiger partial charge in [0.25, 0.3) is 0 Å². The Morgan fingerprint density at radius 2 is 1.82 bits per heavy atom. The second-order valence-corrected chi connectivity index (χ2v) is 5.37. The molecule has 88 valence electrons. The second-order valence-electron chi connectivity index (χ2n) is 3.60. The van der Waals surface area contributed by atoms with Gasteiger partial charge in [-0.1, -0.05) is 50.1 Å². The second kappa shape index (κ2) is 5.56. The number of nitrogen functional groups attached to an aromatic ring is 1. The van der Waals surface area contributed by atoms with E-state index in [0.717, 1.165) is 20.3 Å². The third-order valence-corrected chi connectivity index (χ3v) is 3.48. The van der Waals surface area contributed by atoms with Crippen LogP contribution in [-0.4, -0.2) is 0 Å². The largest absolute Gasteiger partial charge is 0.489 e. The zero-order valence-electron chi connectivity index (χ0n) is 8.99. The molecule has 2 aromatic rings. The first kappa shape index (κ1) is 12.5. The highest BCUT2D eigenvalue weighted by molar-refractivity contribution is 9.10. The average molecular weight is 357 g/mol. The lowest BCUT2D eigenvalue weighted by atomic mass is 10.2. The molecule has 0 saturated carbocycles. The van der Waals surface area contributed by atoms with Gasteiger partial charge in [0.15, 0.2) is 0 Å². The smallest absolute Gasteiger partial charge is 0.122 e. The summed E-state index contributed by atoms with van der Waals surface area (Å²) in [6, 6.07) is 13.5. The molecule has 0 spiro atoms. The van der Waals surface area contributed by atoms with E-state index in [0.29, 0.717) is 12.3 Å². The number of halogens is 2. The lowest BCUT2D eigenvalue weighted by Gasteiger charge is -2.09. The molecule has 0 aliphatic rings. The van der Waals surface area contributed by atoms with Gasteiger partial charge in [-0.05, 0) is 18.2 Å². The summed E-state index contributed by atoms with van der Waals surface area (Å²) in [5, 5.41) is 0. The highest BCUT2D eigenvalue weighted by atomic mass is 79.9. The molecule has 0 amide bonds. The van der Waals surface area contributed by atoms with Crippen molar-refractivity contribution < 1.29 is 4.74 Å². The zero-order chi connectivity index (χ0) is 12.3. The summed E-state index contributed by atoms with van der Waals surface area (Å²) < 4.78 is 7.66. The summed E-state index contributed by atoms with van der Waals surface area (Å²) in [7, 11) is 0. The maximum absolute atomic E-state index is 5.74. The molecule has 2 aromatic carbocycles. The summed E-state index contributed by atoms with van der Waals surface area (Å²) in [4.78, 5) is 0. The van der Waals surface area contributed by atoms with Gasteiger partial charge in [0.2, 0.25) is 0 Å². The molecule has 2 N–H and O–H groups in total. The molecule has 0 saturated heterocycles. The molecule has 2 nitrogen and oxygen atoms in total. The molecule has 4 heteroatoms. The minimum Gasteiger partial charge on any atom is -0.489 e. The summed E-state index contributed by atoms with van der Waals surface area (Å²) in [6.45, 7) is 0.511. The third kappa shape index (κ3) is 3.48. The van der Waals surface area contributed by atoms with Gasteiger partial charge in [-0.15, -0.1) is 0 Å². The Morgan fingerprint density at radius 3 is 2.53 bits per heavy atom. The van der Waals surface area contributed by atoms with E-state index in [4.69, 9.17) is 10.5 Å². The van der Waals surface area contributed by atoms with Gasteiger partial charge in [0, 0.05) is 26.3 Å². The first-order valence-corrected chi connectivity index (χ1v) is 6.66. The highest BCUT2D eigenvalue weighted by Gasteiger charge is 2.01. The summed E-state index contributed by atoms with van der Waals surface area (Å²) in [6.07, 6.45) is 0. The molecule has 0 unspecified atom stereocenters.